The lowest BCUT2D eigenvalue weighted by atomic mass is 9.99. The van der Waals surface area contributed by atoms with Crippen LogP contribution in [0.15, 0.2) is 18.2 Å². The highest BCUT2D eigenvalue weighted by Gasteiger charge is 2.34. The van der Waals surface area contributed by atoms with Crippen LogP contribution in [-0.4, -0.2) is 29.1 Å². The first-order valence-corrected chi connectivity index (χ1v) is 6.98. The van der Waals surface area contributed by atoms with E-state index in [1.54, 1.807) is 18.2 Å². The van der Waals surface area contributed by atoms with Gasteiger partial charge < -0.3 is 15.7 Å². The Bertz CT molecular complexity index is 489. The van der Waals surface area contributed by atoms with Gasteiger partial charge in [-0.15, -0.1) is 0 Å². The van der Waals surface area contributed by atoms with Crippen LogP contribution in [0.4, 0.5) is 0 Å². The van der Waals surface area contributed by atoms with Crippen LogP contribution in [0.1, 0.15) is 41.6 Å². The predicted molar refractivity (Wildman–Crippen MR) is 73.3 cm³/mol. The van der Waals surface area contributed by atoms with Gasteiger partial charge in [0.2, 0.25) is 0 Å². The van der Waals surface area contributed by atoms with Gasteiger partial charge in [0.25, 0.3) is 5.91 Å². The normalized spacial score (nSPS) is 29.2. The zero-order chi connectivity index (χ0) is 13.4. The topological polar surface area (TPSA) is 61.4 Å². The van der Waals surface area contributed by atoms with Gasteiger partial charge in [-0.3, -0.25) is 4.79 Å². The molecule has 0 radical (unpaired) electrons. The Morgan fingerprint density at radius 2 is 2.00 bits per heavy atom. The molecule has 4 heteroatoms. The first-order valence-electron chi connectivity index (χ1n) is 6.98. The monoisotopic (exact) mass is 260 g/mol. The van der Waals surface area contributed by atoms with Gasteiger partial charge in [0.15, 0.2) is 0 Å². The van der Waals surface area contributed by atoms with Gasteiger partial charge in [-0.1, -0.05) is 11.6 Å². The van der Waals surface area contributed by atoms with Gasteiger partial charge in [0.05, 0.1) is 5.56 Å². The summed E-state index contributed by atoms with van der Waals surface area (Å²) in [5, 5.41) is 16.4. The first-order chi connectivity index (χ1) is 9.11. The van der Waals surface area contributed by atoms with Crippen LogP contribution in [0.25, 0.3) is 0 Å². The summed E-state index contributed by atoms with van der Waals surface area (Å²) in [5.74, 6) is -0.104. The van der Waals surface area contributed by atoms with Gasteiger partial charge in [-0.05, 0) is 44.7 Å². The summed E-state index contributed by atoms with van der Waals surface area (Å²) in [6.45, 7) is 1.92. The number of carbonyl (C=O) groups is 1. The zero-order valence-corrected chi connectivity index (χ0v) is 11.1. The summed E-state index contributed by atoms with van der Waals surface area (Å²) in [6, 6.07) is 6.45. The fourth-order valence-corrected chi connectivity index (χ4v) is 3.27. The van der Waals surface area contributed by atoms with Crippen molar-refractivity contribution in [3.8, 4) is 5.75 Å². The van der Waals surface area contributed by atoms with Crippen LogP contribution < -0.4 is 10.6 Å². The molecule has 1 aromatic rings. The van der Waals surface area contributed by atoms with Crippen molar-refractivity contribution >= 4 is 5.91 Å². The van der Waals surface area contributed by atoms with Crippen molar-refractivity contribution in [3.63, 3.8) is 0 Å². The Kier molecular flexibility index (Phi) is 3.19. The molecule has 19 heavy (non-hydrogen) atoms. The maximum atomic E-state index is 12.2. The third-order valence-electron chi connectivity index (χ3n) is 4.20. The third-order valence-corrected chi connectivity index (χ3v) is 4.20. The number of fused-ring (bicyclic) bond motifs is 2. The van der Waals surface area contributed by atoms with Crippen molar-refractivity contribution in [1.29, 1.82) is 0 Å². The number of phenolic OH excluding ortho intramolecular Hbond substituents is 1. The third kappa shape index (κ3) is 2.59. The lowest BCUT2D eigenvalue weighted by Crippen LogP contribution is -2.48. The SMILES string of the molecule is Cc1ccc(O)c(C(=O)NC2CC3CCC(C2)N3)c1. The van der Waals surface area contributed by atoms with Crippen LogP contribution in [0, 0.1) is 6.92 Å². The number of aromatic hydroxyl groups is 1. The molecule has 1 aromatic carbocycles. The minimum Gasteiger partial charge on any atom is -0.507 e. The fraction of sp³-hybridized carbons (Fsp3) is 0.533. The van der Waals surface area contributed by atoms with E-state index in [2.05, 4.69) is 10.6 Å². The van der Waals surface area contributed by atoms with Crippen molar-refractivity contribution in [2.75, 3.05) is 0 Å². The van der Waals surface area contributed by atoms with E-state index in [-0.39, 0.29) is 17.7 Å². The molecule has 2 heterocycles. The fourth-order valence-electron chi connectivity index (χ4n) is 3.27. The number of benzene rings is 1. The summed E-state index contributed by atoms with van der Waals surface area (Å²) in [4.78, 5) is 12.2. The second kappa shape index (κ2) is 4.85. The minimum atomic E-state index is -0.160. The maximum absolute atomic E-state index is 12.2. The summed E-state index contributed by atoms with van der Waals surface area (Å²) < 4.78 is 0. The molecule has 2 aliphatic heterocycles. The summed E-state index contributed by atoms with van der Waals surface area (Å²) in [5.41, 5.74) is 1.36. The number of hydrogen-bond donors (Lipinski definition) is 3. The molecule has 3 rings (SSSR count). The minimum absolute atomic E-state index is 0.0556. The molecule has 2 bridgehead atoms. The van der Waals surface area contributed by atoms with E-state index < -0.39 is 0 Å². The van der Waals surface area contributed by atoms with Crippen LogP contribution in [0.3, 0.4) is 0 Å². The molecule has 0 saturated carbocycles. The average molecular weight is 260 g/mol. The molecule has 0 aliphatic carbocycles. The van der Waals surface area contributed by atoms with Crippen molar-refractivity contribution in [1.82, 2.24) is 10.6 Å². The van der Waals surface area contributed by atoms with Crippen molar-refractivity contribution in [3.05, 3.63) is 29.3 Å². The molecule has 2 fully saturated rings. The van der Waals surface area contributed by atoms with Gasteiger partial charge >= 0.3 is 0 Å². The molecule has 102 valence electrons. The Morgan fingerprint density at radius 1 is 1.32 bits per heavy atom. The van der Waals surface area contributed by atoms with Crippen molar-refractivity contribution < 1.29 is 9.90 Å². The molecular formula is C15H20N2O2. The zero-order valence-electron chi connectivity index (χ0n) is 11.1. The first kappa shape index (κ1) is 12.5. The number of piperidine rings is 1. The maximum Gasteiger partial charge on any atom is 0.255 e. The molecule has 1 amide bonds. The Balaban J connectivity index is 1.69. The highest BCUT2D eigenvalue weighted by atomic mass is 16.3. The lowest BCUT2D eigenvalue weighted by molar-refractivity contribution is 0.0921. The second-order valence-electron chi connectivity index (χ2n) is 5.80. The molecule has 0 aromatic heterocycles. The molecule has 3 N–H and O–H groups in total. The molecular weight excluding hydrogens is 240 g/mol. The lowest BCUT2D eigenvalue weighted by Gasteiger charge is -2.29. The van der Waals surface area contributed by atoms with Crippen LogP contribution in [0.5, 0.6) is 5.75 Å². The van der Waals surface area contributed by atoms with Gasteiger partial charge in [0, 0.05) is 18.1 Å². The standard InChI is InChI=1S/C15H20N2O2/c1-9-2-5-14(18)13(6-9)15(19)17-12-7-10-3-4-11(8-12)16-10/h2,5-6,10-12,16,18H,3-4,7-8H2,1H3,(H,17,19). The van der Waals surface area contributed by atoms with E-state index in [4.69, 9.17) is 0 Å². The highest BCUT2D eigenvalue weighted by Crippen LogP contribution is 2.27. The number of nitrogens with one attached hydrogen (secondary N) is 2. The van der Waals surface area contributed by atoms with Crippen LogP contribution >= 0.6 is 0 Å². The second-order valence-corrected chi connectivity index (χ2v) is 5.80. The van der Waals surface area contributed by atoms with Gasteiger partial charge in [-0.2, -0.15) is 0 Å². The van der Waals surface area contributed by atoms with Gasteiger partial charge in [-0.25, -0.2) is 0 Å². The van der Waals surface area contributed by atoms with E-state index in [0.717, 1.165) is 18.4 Å². The highest BCUT2D eigenvalue weighted by molar-refractivity contribution is 5.97. The van der Waals surface area contributed by atoms with Crippen LogP contribution in [0.2, 0.25) is 0 Å². The molecule has 2 atom stereocenters. The summed E-state index contributed by atoms with van der Waals surface area (Å²) in [6.07, 6.45) is 4.42. The Hall–Kier alpha value is -1.55. The van der Waals surface area contributed by atoms with E-state index >= 15 is 0 Å². The number of amides is 1. The number of phenols is 1. The number of rotatable bonds is 2. The quantitative estimate of drug-likeness (QED) is 0.758. The van der Waals surface area contributed by atoms with Gasteiger partial charge in [0.1, 0.15) is 5.75 Å². The molecule has 2 aliphatic rings. The van der Waals surface area contributed by atoms with Crippen molar-refractivity contribution in [2.45, 2.75) is 50.7 Å². The number of carbonyl (C=O) groups excluding carboxylic acids is 1. The van der Waals surface area contributed by atoms with Crippen LogP contribution in [-0.2, 0) is 0 Å². The average Bonchev–Trinajstić information content (AvgIpc) is 2.71. The number of aryl methyl sites for hydroxylation is 1. The largest absolute Gasteiger partial charge is 0.507 e. The smallest absolute Gasteiger partial charge is 0.255 e. The molecule has 2 saturated heterocycles. The Labute approximate surface area is 113 Å². The molecule has 4 nitrogen and oxygen atoms in total. The predicted octanol–water partition coefficient (Wildman–Crippen LogP) is 1.71. The molecule has 2 unspecified atom stereocenters. The van der Waals surface area contributed by atoms with E-state index in [1.165, 1.54) is 12.8 Å². The van der Waals surface area contributed by atoms with E-state index in [0.29, 0.717) is 17.6 Å². The number of hydrogen-bond acceptors (Lipinski definition) is 3. The van der Waals surface area contributed by atoms with E-state index in [1.807, 2.05) is 6.92 Å². The Morgan fingerprint density at radius 3 is 2.68 bits per heavy atom. The van der Waals surface area contributed by atoms with E-state index in [9.17, 15) is 9.90 Å². The molecule has 0 spiro atoms. The summed E-state index contributed by atoms with van der Waals surface area (Å²) >= 11 is 0. The van der Waals surface area contributed by atoms with Crippen molar-refractivity contribution in [2.24, 2.45) is 0 Å². The summed E-state index contributed by atoms with van der Waals surface area (Å²) in [7, 11) is 0.